The van der Waals surface area contributed by atoms with Gasteiger partial charge in [-0.2, -0.15) is 0 Å². The van der Waals surface area contributed by atoms with E-state index < -0.39 is 0 Å². The molecule has 3 nitrogen and oxygen atoms in total. The van der Waals surface area contributed by atoms with Crippen LogP contribution >= 0.6 is 0 Å². The molecule has 0 aliphatic carbocycles. The summed E-state index contributed by atoms with van der Waals surface area (Å²) in [6, 6.07) is 0.290. The van der Waals surface area contributed by atoms with Gasteiger partial charge in [-0.3, -0.25) is 4.79 Å². The van der Waals surface area contributed by atoms with E-state index in [1.54, 1.807) is 0 Å². The summed E-state index contributed by atoms with van der Waals surface area (Å²) in [5, 5.41) is 0. The van der Waals surface area contributed by atoms with E-state index in [4.69, 9.17) is 5.73 Å². The first-order valence-electron chi connectivity index (χ1n) is 5.35. The summed E-state index contributed by atoms with van der Waals surface area (Å²) < 4.78 is 0. The van der Waals surface area contributed by atoms with Crippen molar-refractivity contribution in [3.8, 4) is 0 Å². The Kier molecular flexibility index (Phi) is 2.54. The second-order valence-corrected chi connectivity index (χ2v) is 4.22. The van der Waals surface area contributed by atoms with Crippen molar-refractivity contribution in [3.63, 3.8) is 0 Å². The molecule has 2 N–H and O–H groups in total. The standard InChI is InChI=1S/C10H18N2O/c11-9-6-3-5-8-4-1-2-7-12(8)10(9)13/h8-9H,1-7,11H2. The number of fused-ring (bicyclic) bond motifs is 1. The SMILES string of the molecule is NC1CCCC2CCCCN2C1=O. The van der Waals surface area contributed by atoms with Crippen molar-refractivity contribution < 1.29 is 4.79 Å². The summed E-state index contributed by atoms with van der Waals surface area (Å²) in [7, 11) is 0. The van der Waals surface area contributed by atoms with Crippen molar-refractivity contribution >= 4 is 5.91 Å². The first-order valence-corrected chi connectivity index (χ1v) is 5.35. The summed E-state index contributed by atoms with van der Waals surface area (Å²) in [5.74, 6) is 0.196. The zero-order valence-corrected chi connectivity index (χ0v) is 8.04. The number of amides is 1. The Hall–Kier alpha value is -0.570. The van der Waals surface area contributed by atoms with Gasteiger partial charge in [0, 0.05) is 12.6 Å². The molecule has 2 fully saturated rings. The van der Waals surface area contributed by atoms with E-state index in [0.29, 0.717) is 6.04 Å². The van der Waals surface area contributed by atoms with Gasteiger partial charge in [0.25, 0.3) is 0 Å². The van der Waals surface area contributed by atoms with E-state index in [1.165, 1.54) is 19.3 Å². The largest absolute Gasteiger partial charge is 0.338 e. The molecule has 3 heteroatoms. The van der Waals surface area contributed by atoms with Gasteiger partial charge in [-0.05, 0) is 38.5 Å². The van der Waals surface area contributed by atoms with Crippen LogP contribution in [0.2, 0.25) is 0 Å². The number of piperidine rings is 1. The predicted molar refractivity (Wildman–Crippen MR) is 51.2 cm³/mol. The van der Waals surface area contributed by atoms with E-state index in [-0.39, 0.29) is 11.9 Å². The third kappa shape index (κ3) is 1.70. The van der Waals surface area contributed by atoms with Crippen molar-refractivity contribution in [2.45, 2.75) is 50.6 Å². The molecule has 2 aliphatic heterocycles. The average Bonchev–Trinajstić information content (AvgIpc) is 2.29. The van der Waals surface area contributed by atoms with Crippen LogP contribution in [0.1, 0.15) is 38.5 Å². The second-order valence-electron chi connectivity index (χ2n) is 4.22. The lowest BCUT2D eigenvalue weighted by Gasteiger charge is -2.35. The van der Waals surface area contributed by atoms with Crippen LogP contribution in [-0.4, -0.2) is 29.4 Å². The molecule has 0 aromatic heterocycles. The molecule has 13 heavy (non-hydrogen) atoms. The molecule has 1 amide bonds. The molecule has 0 saturated carbocycles. The molecule has 2 aliphatic rings. The quantitative estimate of drug-likeness (QED) is 0.604. The molecule has 74 valence electrons. The van der Waals surface area contributed by atoms with Gasteiger partial charge in [-0.15, -0.1) is 0 Å². The van der Waals surface area contributed by atoms with Gasteiger partial charge in [-0.25, -0.2) is 0 Å². The minimum absolute atomic E-state index is 0.196. The molecular weight excluding hydrogens is 164 g/mol. The van der Waals surface area contributed by atoms with Crippen LogP contribution in [0.15, 0.2) is 0 Å². The van der Waals surface area contributed by atoms with Crippen LogP contribution in [0.25, 0.3) is 0 Å². The summed E-state index contributed by atoms with van der Waals surface area (Å²) in [6.07, 6.45) is 6.80. The first kappa shape index (κ1) is 9.00. The second kappa shape index (κ2) is 3.66. The minimum Gasteiger partial charge on any atom is -0.338 e. The highest BCUT2D eigenvalue weighted by Gasteiger charge is 2.32. The van der Waals surface area contributed by atoms with Crippen molar-refractivity contribution in [2.24, 2.45) is 5.73 Å². The van der Waals surface area contributed by atoms with Crippen molar-refractivity contribution in [1.82, 2.24) is 4.90 Å². The Morgan fingerprint density at radius 1 is 1.15 bits per heavy atom. The topological polar surface area (TPSA) is 46.3 Å². The third-order valence-electron chi connectivity index (χ3n) is 3.28. The van der Waals surface area contributed by atoms with Gasteiger partial charge >= 0.3 is 0 Å². The Morgan fingerprint density at radius 2 is 1.92 bits per heavy atom. The number of carbonyl (C=O) groups is 1. The molecular formula is C10H18N2O. The maximum atomic E-state index is 11.8. The van der Waals surface area contributed by atoms with Crippen LogP contribution in [0.4, 0.5) is 0 Å². The van der Waals surface area contributed by atoms with E-state index in [2.05, 4.69) is 0 Å². The van der Waals surface area contributed by atoms with Gasteiger partial charge in [0.05, 0.1) is 6.04 Å². The maximum absolute atomic E-state index is 11.8. The number of carbonyl (C=O) groups excluding carboxylic acids is 1. The van der Waals surface area contributed by atoms with E-state index in [0.717, 1.165) is 25.8 Å². The van der Waals surface area contributed by atoms with E-state index in [9.17, 15) is 4.79 Å². The Labute approximate surface area is 79.3 Å². The molecule has 2 saturated heterocycles. The van der Waals surface area contributed by atoms with Crippen LogP contribution < -0.4 is 5.73 Å². The van der Waals surface area contributed by atoms with Gasteiger partial charge in [0.2, 0.25) is 5.91 Å². The molecule has 2 atom stereocenters. The zero-order valence-electron chi connectivity index (χ0n) is 8.04. The summed E-state index contributed by atoms with van der Waals surface area (Å²) in [6.45, 7) is 0.942. The molecule has 0 bridgehead atoms. The molecule has 2 rings (SSSR count). The number of nitrogens with two attached hydrogens (primary N) is 1. The van der Waals surface area contributed by atoms with Crippen LogP contribution in [-0.2, 0) is 4.79 Å². The van der Waals surface area contributed by atoms with Crippen LogP contribution in [0.5, 0.6) is 0 Å². The van der Waals surface area contributed by atoms with E-state index in [1.807, 2.05) is 4.90 Å². The highest BCUT2D eigenvalue weighted by molar-refractivity contribution is 5.82. The Balaban J connectivity index is 2.11. The fraction of sp³-hybridized carbons (Fsp3) is 0.900. The number of rotatable bonds is 0. The number of hydrogen-bond donors (Lipinski definition) is 1. The highest BCUT2D eigenvalue weighted by atomic mass is 16.2. The van der Waals surface area contributed by atoms with Crippen molar-refractivity contribution in [3.05, 3.63) is 0 Å². The fourth-order valence-electron chi connectivity index (χ4n) is 2.50. The number of nitrogens with zero attached hydrogens (tertiary/aromatic N) is 1. The minimum atomic E-state index is -0.219. The lowest BCUT2D eigenvalue weighted by atomic mass is 9.99. The van der Waals surface area contributed by atoms with Gasteiger partial charge in [-0.1, -0.05) is 0 Å². The van der Waals surface area contributed by atoms with Crippen LogP contribution in [0, 0.1) is 0 Å². The summed E-state index contributed by atoms with van der Waals surface area (Å²) >= 11 is 0. The van der Waals surface area contributed by atoms with Crippen LogP contribution in [0.3, 0.4) is 0 Å². The van der Waals surface area contributed by atoms with Gasteiger partial charge < -0.3 is 10.6 Å². The van der Waals surface area contributed by atoms with Gasteiger partial charge in [0.15, 0.2) is 0 Å². The lowest BCUT2D eigenvalue weighted by molar-refractivity contribution is -0.135. The Morgan fingerprint density at radius 3 is 2.77 bits per heavy atom. The molecule has 0 aromatic rings. The summed E-state index contributed by atoms with van der Waals surface area (Å²) in [4.78, 5) is 13.8. The summed E-state index contributed by atoms with van der Waals surface area (Å²) in [5.41, 5.74) is 5.79. The fourth-order valence-corrected chi connectivity index (χ4v) is 2.50. The highest BCUT2D eigenvalue weighted by Crippen LogP contribution is 2.25. The van der Waals surface area contributed by atoms with E-state index >= 15 is 0 Å². The molecule has 0 radical (unpaired) electrons. The predicted octanol–water partition coefficient (Wildman–Crippen LogP) is 0.879. The molecule has 0 spiro atoms. The monoisotopic (exact) mass is 182 g/mol. The normalized spacial score (nSPS) is 35.5. The molecule has 2 heterocycles. The first-order chi connectivity index (χ1) is 6.29. The number of hydrogen-bond acceptors (Lipinski definition) is 2. The third-order valence-corrected chi connectivity index (χ3v) is 3.28. The Bertz CT molecular complexity index is 205. The maximum Gasteiger partial charge on any atom is 0.239 e. The van der Waals surface area contributed by atoms with Gasteiger partial charge in [0.1, 0.15) is 0 Å². The van der Waals surface area contributed by atoms with Crippen molar-refractivity contribution in [2.75, 3.05) is 6.54 Å². The lowest BCUT2D eigenvalue weighted by Crippen LogP contribution is -2.48. The average molecular weight is 182 g/mol. The zero-order chi connectivity index (χ0) is 9.26. The molecule has 0 aromatic carbocycles. The van der Waals surface area contributed by atoms with Crippen molar-refractivity contribution in [1.29, 1.82) is 0 Å². The smallest absolute Gasteiger partial charge is 0.239 e. The molecule has 2 unspecified atom stereocenters.